The summed E-state index contributed by atoms with van der Waals surface area (Å²) in [5.41, 5.74) is 2.24. The number of fused-ring (bicyclic) bond motifs is 1. The SMILES string of the molecule is CC1=CC[C@H]2C(=O)N(c3cccc(C(=O)N4CCC(C)CC4)c3)C(=O)[C@H]2C1. The van der Waals surface area contributed by atoms with E-state index in [-0.39, 0.29) is 29.6 Å². The van der Waals surface area contributed by atoms with Crippen LogP contribution >= 0.6 is 0 Å². The molecule has 2 aliphatic heterocycles. The van der Waals surface area contributed by atoms with Gasteiger partial charge in [-0.15, -0.1) is 0 Å². The van der Waals surface area contributed by atoms with Crippen molar-refractivity contribution in [1.82, 2.24) is 4.90 Å². The van der Waals surface area contributed by atoms with Crippen molar-refractivity contribution < 1.29 is 14.4 Å². The molecule has 27 heavy (non-hydrogen) atoms. The normalized spacial score (nSPS) is 26.2. The van der Waals surface area contributed by atoms with Gasteiger partial charge in [-0.05, 0) is 56.7 Å². The molecule has 2 heterocycles. The van der Waals surface area contributed by atoms with Crippen molar-refractivity contribution >= 4 is 23.4 Å². The van der Waals surface area contributed by atoms with Gasteiger partial charge in [0.2, 0.25) is 11.8 Å². The zero-order valence-corrected chi connectivity index (χ0v) is 16.0. The number of carbonyl (C=O) groups excluding carboxylic acids is 3. The molecule has 2 fully saturated rings. The molecule has 1 aromatic carbocycles. The molecule has 2 saturated heterocycles. The molecule has 3 aliphatic rings. The highest BCUT2D eigenvalue weighted by Gasteiger charge is 2.48. The van der Waals surface area contributed by atoms with Crippen LogP contribution in [0.15, 0.2) is 35.9 Å². The summed E-state index contributed by atoms with van der Waals surface area (Å²) in [6.07, 6.45) is 5.38. The number of allylic oxidation sites excluding steroid dienone is 2. The minimum absolute atomic E-state index is 0.0160. The molecule has 0 radical (unpaired) electrons. The van der Waals surface area contributed by atoms with Crippen LogP contribution in [-0.4, -0.2) is 35.7 Å². The van der Waals surface area contributed by atoms with Gasteiger partial charge in [-0.25, -0.2) is 0 Å². The van der Waals surface area contributed by atoms with E-state index in [9.17, 15) is 14.4 Å². The maximum Gasteiger partial charge on any atom is 0.253 e. The molecule has 3 amide bonds. The maximum absolute atomic E-state index is 12.9. The van der Waals surface area contributed by atoms with Crippen molar-refractivity contribution in [3.63, 3.8) is 0 Å². The number of anilines is 1. The quantitative estimate of drug-likeness (QED) is 0.595. The highest BCUT2D eigenvalue weighted by molar-refractivity contribution is 6.22. The Morgan fingerprint density at radius 1 is 1.07 bits per heavy atom. The maximum atomic E-state index is 12.9. The van der Waals surface area contributed by atoms with Crippen molar-refractivity contribution in [3.05, 3.63) is 41.5 Å². The Balaban J connectivity index is 1.57. The molecule has 0 saturated carbocycles. The summed E-state index contributed by atoms with van der Waals surface area (Å²) in [5, 5.41) is 0. The van der Waals surface area contributed by atoms with Gasteiger partial charge in [0.25, 0.3) is 5.91 Å². The fourth-order valence-corrected chi connectivity index (χ4v) is 4.46. The van der Waals surface area contributed by atoms with Gasteiger partial charge in [0.05, 0.1) is 17.5 Å². The van der Waals surface area contributed by atoms with Crippen molar-refractivity contribution in [1.29, 1.82) is 0 Å². The summed E-state index contributed by atoms with van der Waals surface area (Å²) in [7, 11) is 0. The number of carbonyl (C=O) groups is 3. The lowest BCUT2D eigenvalue weighted by Crippen LogP contribution is -2.38. The van der Waals surface area contributed by atoms with Crippen LogP contribution in [-0.2, 0) is 9.59 Å². The lowest BCUT2D eigenvalue weighted by molar-refractivity contribution is -0.122. The van der Waals surface area contributed by atoms with E-state index in [1.807, 2.05) is 11.8 Å². The first-order valence-electron chi connectivity index (χ1n) is 9.88. The van der Waals surface area contributed by atoms with Crippen LogP contribution < -0.4 is 4.90 Å². The first kappa shape index (κ1) is 18.0. The molecule has 4 rings (SSSR count). The van der Waals surface area contributed by atoms with E-state index in [0.29, 0.717) is 30.0 Å². The molecule has 0 N–H and O–H groups in total. The van der Waals surface area contributed by atoms with E-state index in [2.05, 4.69) is 13.0 Å². The minimum atomic E-state index is -0.260. The van der Waals surface area contributed by atoms with E-state index < -0.39 is 0 Å². The molecular formula is C22H26N2O3. The van der Waals surface area contributed by atoms with E-state index in [1.165, 1.54) is 10.5 Å². The van der Waals surface area contributed by atoms with E-state index in [1.54, 1.807) is 24.3 Å². The lowest BCUT2D eigenvalue weighted by atomic mass is 9.82. The lowest BCUT2D eigenvalue weighted by Gasteiger charge is -2.30. The molecule has 0 unspecified atom stereocenters. The molecule has 0 bridgehead atoms. The van der Waals surface area contributed by atoms with Crippen molar-refractivity contribution in [2.24, 2.45) is 17.8 Å². The highest BCUT2D eigenvalue weighted by Crippen LogP contribution is 2.39. The second-order valence-corrected chi connectivity index (χ2v) is 8.24. The van der Waals surface area contributed by atoms with E-state index in [0.717, 1.165) is 25.9 Å². The van der Waals surface area contributed by atoms with Gasteiger partial charge < -0.3 is 4.90 Å². The summed E-state index contributed by atoms with van der Waals surface area (Å²) >= 11 is 0. The largest absolute Gasteiger partial charge is 0.339 e. The van der Waals surface area contributed by atoms with Crippen LogP contribution in [0.5, 0.6) is 0 Å². The Morgan fingerprint density at radius 2 is 1.78 bits per heavy atom. The number of nitrogens with zero attached hydrogens (tertiary/aromatic N) is 2. The predicted octanol–water partition coefficient (Wildman–Crippen LogP) is 3.40. The van der Waals surface area contributed by atoms with Gasteiger partial charge in [0.1, 0.15) is 0 Å². The average molecular weight is 366 g/mol. The third kappa shape index (κ3) is 3.20. The summed E-state index contributed by atoms with van der Waals surface area (Å²) in [6.45, 7) is 5.75. The molecule has 142 valence electrons. The average Bonchev–Trinajstić information content (AvgIpc) is 2.92. The van der Waals surface area contributed by atoms with Gasteiger partial charge in [-0.3, -0.25) is 19.3 Å². The van der Waals surface area contributed by atoms with Crippen LogP contribution in [0.3, 0.4) is 0 Å². The zero-order valence-electron chi connectivity index (χ0n) is 16.0. The fourth-order valence-electron chi connectivity index (χ4n) is 4.46. The second-order valence-electron chi connectivity index (χ2n) is 8.24. The van der Waals surface area contributed by atoms with Gasteiger partial charge in [0, 0.05) is 18.7 Å². The molecule has 0 spiro atoms. The number of amides is 3. The second kappa shape index (κ2) is 6.95. The predicted molar refractivity (Wildman–Crippen MR) is 103 cm³/mol. The first-order chi connectivity index (χ1) is 13.0. The smallest absolute Gasteiger partial charge is 0.253 e. The molecular weight excluding hydrogens is 340 g/mol. The number of hydrogen-bond acceptors (Lipinski definition) is 3. The Hall–Kier alpha value is -2.43. The van der Waals surface area contributed by atoms with Gasteiger partial charge in [-0.1, -0.05) is 24.6 Å². The van der Waals surface area contributed by atoms with Crippen LogP contribution in [0, 0.1) is 17.8 Å². The summed E-state index contributed by atoms with van der Waals surface area (Å²) in [5.74, 6) is -0.146. The number of imide groups is 1. The number of hydrogen-bond donors (Lipinski definition) is 0. The third-order valence-electron chi connectivity index (χ3n) is 6.25. The Morgan fingerprint density at radius 3 is 2.52 bits per heavy atom. The number of benzene rings is 1. The van der Waals surface area contributed by atoms with Gasteiger partial charge in [-0.2, -0.15) is 0 Å². The van der Waals surface area contributed by atoms with Crippen LogP contribution in [0.2, 0.25) is 0 Å². The zero-order chi connectivity index (χ0) is 19.1. The Bertz CT molecular complexity index is 821. The van der Waals surface area contributed by atoms with Gasteiger partial charge >= 0.3 is 0 Å². The number of rotatable bonds is 2. The molecule has 5 heteroatoms. The Kier molecular flexibility index (Phi) is 4.62. The standard InChI is InChI=1S/C22H26N2O3/c1-14-8-10-23(11-9-14)20(25)16-4-3-5-17(13-16)24-21(26)18-7-6-15(2)12-19(18)22(24)27/h3-6,13-14,18-19H,7-12H2,1-2H3/t18-,19+/m1/s1. The number of piperidine rings is 1. The third-order valence-corrected chi connectivity index (χ3v) is 6.25. The van der Waals surface area contributed by atoms with Crippen LogP contribution in [0.4, 0.5) is 5.69 Å². The van der Waals surface area contributed by atoms with E-state index >= 15 is 0 Å². The van der Waals surface area contributed by atoms with Crippen molar-refractivity contribution in [2.75, 3.05) is 18.0 Å². The molecule has 2 atom stereocenters. The summed E-state index contributed by atoms with van der Waals surface area (Å²) < 4.78 is 0. The monoisotopic (exact) mass is 366 g/mol. The van der Waals surface area contributed by atoms with Gasteiger partial charge in [0.15, 0.2) is 0 Å². The van der Waals surface area contributed by atoms with Crippen molar-refractivity contribution in [2.45, 2.75) is 39.5 Å². The number of likely N-dealkylation sites (tertiary alicyclic amines) is 1. The first-order valence-corrected chi connectivity index (χ1v) is 9.88. The molecule has 1 aliphatic carbocycles. The van der Waals surface area contributed by atoms with Crippen LogP contribution in [0.1, 0.15) is 49.9 Å². The Labute approximate surface area is 160 Å². The minimum Gasteiger partial charge on any atom is -0.339 e. The van der Waals surface area contributed by atoms with Crippen molar-refractivity contribution in [3.8, 4) is 0 Å². The fraction of sp³-hybridized carbons (Fsp3) is 0.500. The highest BCUT2D eigenvalue weighted by atomic mass is 16.2. The summed E-state index contributed by atoms with van der Waals surface area (Å²) in [6, 6.07) is 6.99. The molecule has 0 aromatic heterocycles. The molecule has 1 aromatic rings. The molecule has 5 nitrogen and oxygen atoms in total. The summed E-state index contributed by atoms with van der Waals surface area (Å²) in [4.78, 5) is 41.8. The van der Waals surface area contributed by atoms with E-state index in [4.69, 9.17) is 0 Å². The van der Waals surface area contributed by atoms with Crippen LogP contribution in [0.25, 0.3) is 0 Å². The topological polar surface area (TPSA) is 57.7 Å².